The SMILES string of the molecule is C=C(C)NC(CCC)CCNC=O. The Morgan fingerprint density at radius 1 is 1.54 bits per heavy atom. The highest BCUT2D eigenvalue weighted by molar-refractivity contribution is 5.45. The molecule has 2 N–H and O–H groups in total. The smallest absolute Gasteiger partial charge is 0.207 e. The van der Waals surface area contributed by atoms with Crippen molar-refractivity contribution >= 4 is 6.41 Å². The van der Waals surface area contributed by atoms with Crippen LogP contribution in [0.3, 0.4) is 0 Å². The number of allylic oxidation sites excluding steroid dienone is 1. The first-order valence-corrected chi connectivity index (χ1v) is 4.79. The van der Waals surface area contributed by atoms with Crippen LogP contribution in [0.2, 0.25) is 0 Å². The number of amides is 1. The number of rotatable bonds is 8. The zero-order valence-corrected chi connectivity index (χ0v) is 8.60. The maximum atomic E-state index is 10.0. The lowest BCUT2D eigenvalue weighted by Crippen LogP contribution is -2.30. The molecule has 1 amide bonds. The molecule has 0 aromatic heterocycles. The van der Waals surface area contributed by atoms with Gasteiger partial charge in [0, 0.05) is 18.3 Å². The third-order valence-corrected chi connectivity index (χ3v) is 1.81. The van der Waals surface area contributed by atoms with Crippen molar-refractivity contribution in [1.82, 2.24) is 10.6 Å². The highest BCUT2D eigenvalue weighted by Crippen LogP contribution is 2.02. The summed E-state index contributed by atoms with van der Waals surface area (Å²) in [5, 5.41) is 5.95. The standard InChI is InChI=1S/C10H20N2O/c1-4-5-10(12-9(2)3)6-7-11-8-13/h8,10,12H,2,4-7H2,1,3H3,(H,11,13). The second-order valence-corrected chi connectivity index (χ2v) is 3.27. The van der Waals surface area contributed by atoms with Crippen molar-refractivity contribution in [3.05, 3.63) is 12.3 Å². The van der Waals surface area contributed by atoms with Crippen molar-refractivity contribution in [3.8, 4) is 0 Å². The van der Waals surface area contributed by atoms with E-state index in [-0.39, 0.29) is 0 Å². The summed E-state index contributed by atoms with van der Waals surface area (Å²) < 4.78 is 0. The Kier molecular flexibility index (Phi) is 7.07. The van der Waals surface area contributed by atoms with Crippen molar-refractivity contribution in [3.63, 3.8) is 0 Å². The first-order chi connectivity index (χ1) is 6.20. The zero-order valence-electron chi connectivity index (χ0n) is 8.60. The van der Waals surface area contributed by atoms with Crippen molar-refractivity contribution in [1.29, 1.82) is 0 Å². The fraction of sp³-hybridized carbons (Fsp3) is 0.700. The van der Waals surface area contributed by atoms with Crippen LogP contribution in [0.4, 0.5) is 0 Å². The molecule has 0 aliphatic carbocycles. The van der Waals surface area contributed by atoms with Gasteiger partial charge in [0.2, 0.25) is 6.41 Å². The molecule has 1 unspecified atom stereocenters. The van der Waals surface area contributed by atoms with Crippen molar-refractivity contribution < 1.29 is 4.79 Å². The van der Waals surface area contributed by atoms with Crippen LogP contribution in [0.5, 0.6) is 0 Å². The van der Waals surface area contributed by atoms with Gasteiger partial charge in [-0.05, 0) is 19.8 Å². The summed E-state index contributed by atoms with van der Waals surface area (Å²) in [5.74, 6) is 0. The Bertz CT molecular complexity index is 157. The highest BCUT2D eigenvalue weighted by Gasteiger charge is 2.05. The Labute approximate surface area is 80.6 Å². The summed E-state index contributed by atoms with van der Waals surface area (Å²) in [7, 11) is 0. The molecule has 0 saturated carbocycles. The summed E-state index contributed by atoms with van der Waals surface area (Å²) >= 11 is 0. The van der Waals surface area contributed by atoms with E-state index in [1.807, 2.05) is 6.92 Å². The molecule has 0 aromatic carbocycles. The molecule has 3 nitrogen and oxygen atoms in total. The van der Waals surface area contributed by atoms with Crippen molar-refractivity contribution in [2.24, 2.45) is 0 Å². The van der Waals surface area contributed by atoms with Gasteiger partial charge >= 0.3 is 0 Å². The van der Waals surface area contributed by atoms with E-state index in [1.165, 1.54) is 0 Å². The van der Waals surface area contributed by atoms with E-state index in [0.29, 0.717) is 6.04 Å². The molecule has 0 spiro atoms. The molecule has 3 heteroatoms. The molecule has 0 saturated heterocycles. The molecule has 0 rings (SSSR count). The summed E-state index contributed by atoms with van der Waals surface area (Å²) in [6.07, 6.45) is 3.96. The van der Waals surface area contributed by atoms with Crippen LogP contribution in [0, 0.1) is 0 Å². The summed E-state index contributed by atoms with van der Waals surface area (Å²) in [4.78, 5) is 10.0. The molecule has 0 heterocycles. The van der Waals surface area contributed by atoms with Crippen LogP contribution >= 0.6 is 0 Å². The van der Waals surface area contributed by atoms with Gasteiger partial charge in [-0.3, -0.25) is 4.79 Å². The minimum absolute atomic E-state index is 0.440. The van der Waals surface area contributed by atoms with E-state index < -0.39 is 0 Å². The van der Waals surface area contributed by atoms with Gasteiger partial charge in [-0.15, -0.1) is 0 Å². The molecular formula is C10H20N2O. The molecule has 13 heavy (non-hydrogen) atoms. The van der Waals surface area contributed by atoms with Gasteiger partial charge in [-0.2, -0.15) is 0 Å². The van der Waals surface area contributed by atoms with Gasteiger partial charge in [-0.1, -0.05) is 19.9 Å². The maximum absolute atomic E-state index is 10.0. The Balaban J connectivity index is 3.65. The van der Waals surface area contributed by atoms with E-state index in [2.05, 4.69) is 24.1 Å². The lowest BCUT2D eigenvalue weighted by Gasteiger charge is -2.18. The van der Waals surface area contributed by atoms with Crippen LogP contribution < -0.4 is 10.6 Å². The molecule has 76 valence electrons. The van der Waals surface area contributed by atoms with E-state index in [4.69, 9.17) is 0 Å². The number of hydrogen-bond acceptors (Lipinski definition) is 2. The Morgan fingerprint density at radius 2 is 2.23 bits per heavy atom. The Hall–Kier alpha value is -0.990. The molecular weight excluding hydrogens is 164 g/mol. The summed E-state index contributed by atoms with van der Waals surface area (Å²) in [5.41, 5.74) is 0.990. The average molecular weight is 184 g/mol. The molecule has 0 aliphatic heterocycles. The molecule has 0 aliphatic rings. The largest absolute Gasteiger partial charge is 0.386 e. The number of carbonyl (C=O) groups excluding carboxylic acids is 1. The van der Waals surface area contributed by atoms with E-state index in [9.17, 15) is 4.79 Å². The maximum Gasteiger partial charge on any atom is 0.207 e. The van der Waals surface area contributed by atoms with Gasteiger partial charge in [0.15, 0.2) is 0 Å². The van der Waals surface area contributed by atoms with Gasteiger partial charge in [0.25, 0.3) is 0 Å². The number of nitrogens with one attached hydrogen (secondary N) is 2. The van der Waals surface area contributed by atoms with E-state index in [0.717, 1.165) is 37.9 Å². The second kappa shape index (κ2) is 7.65. The quantitative estimate of drug-likeness (QED) is 0.442. The molecule has 0 radical (unpaired) electrons. The summed E-state index contributed by atoms with van der Waals surface area (Å²) in [6.45, 7) is 8.64. The topological polar surface area (TPSA) is 41.1 Å². The molecule has 0 aromatic rings. The van der Waals surface area contributed by atoms with Crippen LogP contribution in [-0.2, 0) is 4.79 Å². The summed E-state index contributed by atoms with van der Waals surface area (Å²) in [6, 6.07) is 0.440. The predicted octanol–water partition coefficient (Wildman–Crippen LogP) is 1.41. The monoisotopic (exact) mass is 184 g/mol. The normalized spacial score (nSPS) is 11.8. The third-order valence-electron chi connectivity index (χ3n) is 1.81. The molecule has 1 atom stereocenters. The lowest BCUT2D eigenvalue weighted by atomic mass is 10.1. The van der Waals surface area contributed by atoms with Crippen molar-refractivity contribution in [2.75, 3.05) is 6.54 Å². The first kappa shape index (κ1) is 12.0. The fourth-order valence-corrected chi connectivity index (χ4v) is 1.30. The van der Waals surface area contributed by atoms with E-state index in [1.54, 1.807) is 0 Å². The van der Waals surface area contributed by atoms with Gasteiger partial charge < -0.3 is 10.6 Å². The third kappa shape index (κ3) is 7.37. The fourth-order valence-electron chi connectivity index (χ4n) is 1.30. The van der Waals surface area contributed by atoms with Gasteiger partial charge in [0.05, 0.1) is 0 Å². The van der Waals surface area contributed by atoms with Gasteiger partial charge in [0.1, 0.15) is 0 Å². The van der Waals surface area contributed by atoms with Crippen LogP contribution in [0.15, 0.2) is 12.3 Å². The number of carbonyl (C=O) groups is 1. The molecule has 0 bridgehead atoms. The van der Waals surface area contributed by atoms with Crippen molar-refractivity contribution in [2.45, 2.75) is 39.2 Å². The minimum atomic E-state index is 0.440. The second-order valence-electron chi connectivity index (χ2n) is 3.27. The predicted molar refractivity (Wildman–Crippen MR) is 55.3 cm³/mol. The van der Waals surface area contributed by atoms with Crippen LogP contribution in [-0.4, -0.2) is 19.0 Å². The van der Waals surface area contributed by atoms with Crippen LogP contribution in [0.25, 0.3) is 0 Å². The first-order valence-electron chi connectivity index (χ1n) is 4.79. The Morgan fingerprint density at radius 3 is 2.69 bits per heavy atom. The number of hydrogen-bond donors (Lipinski definition) is 2. The zero-order chi connectivity index (χ0) is 10.1. The highest BCUT2D eigenvalue weighted by atomic mass is 16.1. The van der Waals surface area contributed by atoms with Gasteiger partial charge in [-0.25, -0.2) is 0 Å². The lowest BCUT2D eigenvalue weighted by molar-refractivity contribution is -0.109. The van der Waals surface area contributed by atoms with Crippen LogP contribution in [0.1, 0.15) is 33.1 Å². The average Bonchev–Trinajstić information content (AvgIpc) is 2.04. The van der Waals surface area contributed by atoms with E-state index >= 15 is 0 Å². The molecule has 0 fully saturated rings. The minimum Gasteiger partial charge on any atom is -0.386 e.